The summed E-state index contributed by atoms with van der Waals surface area (Å²) in [6.07, 6.45) is 0.894. The van der Waals surface area contributed by atoms with E-state index in [0.29, 0.717) is 31.1 Å². The van der Waals surface area contributed by atoms with Crippen molar-refractivity contribution in [3.63, 3.8) is 0 Å². The van der Waals surface area contributed by atoms with Gasteiger partial charge in [0.15, 0.2) is 5.82 Å². The van der Waals surface area contributed by atoms with E-state index in [2.05, 4.69) is 16.8 Å². The highest BCUT2D eigenvalue weighted by Crippen LogP contribution is 2.24. The zero-order chi connectivity index (χ0) is 19.7. The van der Waals surface area contributed by atoms with E-state index in [-0.39, 0.29) is 0 Å². The summed E-state index contributed by atoms with van der Waals surface area (Å²) in [4.78, 5) is 11.9. The predicted octanol–water partition coefficient (Wildman–Crippen LogP) is 3.01. The zero-order valence-electron chi connectivity index (χ0n) is 16.2. The molecule has 2 heterocycles. The predicted molar refractivity (Wildman–Crippen MR) is 111 cm³/mol. The van der Waals surface area contributed by atoms with Gasteiger partial charge in [-0.1, -0.05) is 31.2 Å². The fourth-order valence-electron chi connectivity index (χ4n) is 3.56. The lowest BCUT2D eigenvalue weighted by atomic mass is 10.2. The Labute approximate surface area is 165 Å². The van der Waals surface area contributed by atoms with Crippen LogP contribution in [0.3, 0.4) is 0 Å². The van der Waals surface area contributed by atoms with E-state index in [1.165, 1.54) is 0 Å². The summed E-state index contributed by atoms with van der Waals surface area (Å²) in [7, 11) is -3.47. The van der Waals surface area contributed by atoms with E-state index in [4.69, 9.17) is 4.98 Å². The second-order valence-corrected chi connectivity index (χ2v) is 8.95. The number of para-hydroxylation sites is 2. The van der Waals surface area contributed by atoms with E-state index < -0.39 is 10.0 Å². The molecule has 28 heavy (non-hydrogen) atoms. The second-order valence-electron chi connectivity index (χ2n) is 7.01. The third-order valence-corrected chi connectivity index (χ3v) is 7.14. The monoisotopic (exact) mass is 396 g/mol. The molecule has 146 valence electrons. The molecule has 1 saturated heterocycles. The standard InChI is InChI=1S/C21H24N4O2S/c1-3-17-8-10-18(11-9-17)28(26,27)25-14-12-24(13-15-25)21-16(2)22-19-6-4-5-7-20(19)23-21/h4-11H,3,12-15H2,1-2H3. The van der Waals surface area contributed by atoms with Crippen LogP contribution in [0.15, 0.2) is 53.4 Å². The number of aromatic nitrogens is 2. The van der Waals surface area contributed by atoms with Crippen molar-refractivity contribution in [2.24, 2.45) is 0 Å². The molecule has 1 aromatic heterocycles. The molecule has 0 N–H and O–H groups in total. The Morgan fingerprint density at radius 1 is 0.893 bits per heavy atom. The molecule has 3 aromatic rings. The summed E-state index contributed by atoms with van der Waals surface area (Å²) in [5, 5.41) is 0. The summed E-state index contributed by atoms with van der Waals surface area (Å²) in [6.45, 7) is 6.07. The summed E-state index contributed by atoms with van der Waals surface area (Å²) in [5.41, 5.74) is 3.73. The minimum absolute atomic E-state index is 0.361. The Bertz CT molecular complexity index is 1090. The van der Waals surface area contributed by atoms with Crippen LogP contribution in [-0.4, -0.2) is 48.9 Å². The normalized spacial score (nSPS) is 15.9. The van der Waals surface area contributed by atoms with Crippen LogP contribution >= 0.6 is 0 Å². The van der Waals surface area contributed by atoms with Crippen molar-refractivity contribution in [2.45, 2.75) is 25.2 Å². The molecule has 0 saturated carbocycles. The Balaban J connectivity index is 1.52. The van der Waals surface area contributed by atoms with Crippen molar-refractivity contribution in [1.82, 2.24) is 14.3 Å². The van der Waals surface area contributed by atoms with Gasteiger partial charge in [-0.3, -0.25) is 0 Å². The first-order chi connectivity index (χ1) is 13.5. The first-order valence-corrected chi connectivity index (χ1v) is 11.0. The molecule has 0 atom stereocenters. The lowest BCUT2D eigenvalue weighted by Gasteiger charge is -2.35. The average Bonchev–Trinajstić information content (AvgIpc) is 2.73. The van der Waals surface area contributed by atoms with Gasteiger partial charge in [0.2, 0.25) is 10.0 Å². The van der Waals surface area contributed by atoms with Gasteiger partial charge in [-0.15, -0.1) is 0 Å². The molecule has 1 aliphatic heterocycles. The van der Waals surface area contributed by atoms with Crippen LogP contribution < -0.4 is 4.90 Å². The molecule has 4 rings (SSSR count). The molecule has 0 bridgehead atoms. The van der Waals surface area contributed by atoms with Crippen molar-refractivity contribution in [3.05, 3.63) is 59.8 Å². The molecule has 0 unspecified atom stereocenters. The Morgan fingerprint density at radius 2 is 1.50 bits per heavy atom. The Hall–Kier alpha value is -2.51. The number of hydrogen-bond acceptors (Lipinski definition) is 5. The van der Waals surface area contributed by atoms with Crippen LogP contribution in [-0.2, 0) is 16.4 Å². The van der Waals surface area contributed by atoms with Gasteiger partial charge in [0.1, 0.15) is 0 Å². The average molecular weight is 397 g/mol. The van der Waals surface area contributed by atoms with Crippen LogP contribution in [0.4, 0.5) is 5.82 Å². The topological polar surface area (TPSA) is 66.4 Å². The summed E-state index contributed by atoms with van der Waals surface area (Å²) in [6, 6.07) is 15.0. The van der Waals surface area contributed by atoms with Crippen LogP contribution in [0.1, 0.15) is 18.2 Å². The summed E-state index contributed by atoms with van der Waals surface area (Å²) >= 11 is 0. The highest BCUT2D eigenvalue weighted by Gasteiger charge is 2.29. The smallest absolute Gasteiger partial charge is 0.243 e. The molecule has 1 fully saturated rings. The number of fused-ring (bicyclic) bond motifs is 1. The van der Waals surface area contributed by atoms with Crippen LogP contribution in [0.2, 0.25) is 0 Å². The molecule has 7 heteroatoms. The zero-order valence-corrected chi connectivity index (χ0v) is 17.0. The molecular formula is C21H24N4O2S. The number of sulfonamides is 1. The molecule has 6 nitrogen and oxygen atoms in total. The van der Waals surface area contributed by atoms with Gasteiger partial charge in [0.05, 0.1) is 21.6 Å². The fraction of sp³-hybridized carbons (Fsp3) is 0.333. The number of hydrogen-bond donors (Lipinski definition) is 0. The number of nitrogens with zero attached hydrogens (tertiary/aromatic N) is 4. The van der Waals surface area contributed by atoms with Crippen LogP contribution in [0, 0.1) is 6.92 Å². The molecule has 1 aliphatic rings. The Morgan fingerprint density at radius 3 is 2.11 bits per heavy atom. The van der Waals surface area contributed by atoms with Crippen LogP contribution in [0.25, 0.3) is 11.0 Å². The summed E-state index contributed by atoms with van der Waals surface area (Å²) < 4.78 is 27.5. The minimum atomic E-state index is -3.47. The maximum atomic E-state index is 13.0. The van der Waals surface area contributed by atoms with E-state index >= 15 is 0 Å². The maximum Gasteiger partial charge on any atom is 0.243 e. The third-order valence-electron chi connectivity index (χ3n) is 5.23. The molecule has 0 amide bonds. The van der Waals surface area contributed by atoms with Gasteiger partial charge in [0.25, 0.3) is 0 Å². The van der Waals surface area contributed by atoms with Gasteiger partial charge < -0.3 is 4.90 Å². The van der Waals surface area contributed by atoms with Crippen molar-refractivity contribution >= 4 is 26.9 Å². The van der Waals surface area contributed by atoms with E-state index in [0.717, 1.165) is 34.5 Å². The maximum absolute atomic E-state index is 13.0. The van der Waals surface area contributed by atoms with Crippen molar-refractivity contribution in [1.29, 1.82) is 0 Å². The van der Waals surface area contributed by atoms with Gasteiger partial charge in [-0.05, 0) is 43.2 Å². The van der Waals surface area contributed by atoms with Crippen molar-refractivity contribution in [3.8, 4) is 0 Å². The van der Waals surface area contributed by atoms with Gasteiger partial charge >= 0.3 is 0 Å². The van der Waals surface area contributed by atoms with E-state index in [9.17, 15) is 8.42 Å². The van der Waals surface area contributed by atoms with Gasteiger partial charge in [-0.2, -0.15) is 4.31 Å². The summed E-state index contributed by atoms with van der Waals surface area (Å²) in [5.74, 6) is 0.836. The minimum Gasteiger partial charge on any atom is -0.352 e. The molecule has 0 aliphatic carbocycles. The number of aryl methyl sites for hydroxylation is 2. The SMILES string of the molecule is CCc1ccc(S(=O)(=O)N2CCN(c3nc4ccccc4nc3C)CC2)cc1. The second kappa shape index (κ2) is 7.48. The number of anilines is 1. The first kappa shape index (κ1) is 18.8. The molecule has 2 aromatic carbocycles. The van der Waals surface area contributed by atoms with E-state index in [1.54, 1.807) is 16.4 Å². The Kier molecular flexibility index (Phi) is 5.03. The largest absolute Gasteiger partial charge is 0.352 e. The molecular weight excluding hydrogens is 372 g/mol. The third kappa shape index (κ3) is 3.47. The van der Waals surface area contributed by atoms with Gasteiger partial charge in [0, 0.05) is 26.2 Å². The van der Waals surface area contributed by atoms with Crippen LogP contribution in [0.5, 0.6) is 0 Å². The molecule has 0 radical (unpaired) electrons. The first-order valence-electron chi connectivity index (χ1n) is 9.56. The van der Waals surface area contributed by atoms with Crippen molar-refractivity contribution in [2.75, 3.05) is 31.1 Å². The fourth-order valence-corrected chi connectivity index (χ4v) is 4.99. The number of rotatable bonds is 4. The lowest BCUT2D eigenvalue weighted by Crippen LogP contribution is -2.49. The van der Waals surface area contributed by atoms with Crippen molar-refractivity contribution < 1.29 is 8.42 Å². The number of piperazine rings is 1. The molecule has 0 spiro atoms. The quantitative estimate of drug-likeness (QED) is 0.678. The lowest BCUT2D eigenvalue weighted by molar-refractivity contribution is 0.383. The van der Waals surface area contributed by atoms with E-state index in [1.807, 2.05) is 43.3 Å². The van der Waals surface area contributed by atoms with Gasteiger partial charge in [-0.25, -0.2) is 18.4 Å². The highest BCUT2D eigenvalue weighted by atomic mass is 32.2. The number of benzene rings is 2. The highest BCUT2D eigenvalue weighted by molar-refractivity contribution is 7.89.